The molecule has 0 bridgehead atoms. The van der Waals surface area contributed by atoms with Crippen LogP contribution in [0, 0.1) is 6.92 Å². The predicted octanol–water partition coefficient (Wildman–Crippen LogP) is 5.41. The quantitative estimate of drug-likeness (QED) is 0.453. The van der Waals surface area contributed by atoms with E-state index in [4.69, 9.17) is 4.99 Å². The van der Waals surface area contributed by atoms with E-state index in [0.29, 0.717) is 0 Å². The van der Waals surface area contributed by atoms with Gasteiger partial charge in [-0.2, -0.15) is 0 Å². The molecule has 2 N–H and O–H groups in total. The minimum Gasteiger partial charge on any atom is -0.494 e. The number of nitrogens with one attached hydrogen (secondary N) is 1. The standard InChI is InChI=1S/C25H25N3O/c1-17-9-14-21-22(15-17)27-25(29)23(21)24(19-7-5-4-6-8-19)26-20-12-10-18(11-13-20)16-28(2)3/h4-15,27,29H,16H2,1-3H3. The van der Waals surface area contributed by atoms with Crippen molar-refractivity contribution in [3.8, 4) is 5.88 Å². The van der Waals surface area contributed by atoms with Crippen LogP contribution in [-0.4, -0.2) is 34.8 Å². The molecule has 0 atom stereocenters. The zero-order valence-electron chi connectivity index (χ0n) is 17.0. The first-order valence-electron chi connectivity index (χ1n) is 9.71. The Kier molecular flexibility index (Phi) is 5.19. The molecule has 4 nitrogen and oxygen atoms in total. The van der Waals surface area contributed by atoms with Gasteiger partial charge in [0.05, 0.1) is 17.0 Å². The lowest BCUT2D eigenvalue weighted by atomic mass is 10.00. The zero-order valence-corrected chi connectivity index (χ0v) is 17.0. The molecule has 146 valence electrons. The molecule has 4 aromatic rings. The van der Waals surface area contributed by atoms with Crippen LogP contribution in [0.1, 0.15) is 22.3 Å². The summed E-state index contributed by atoms with van der Waals surface area (Å²) in [4.78, 5) is 10.2. The number of aromatic amines is 1. The number of benzene rings is 3. The van der Waals surface area contributed by atoms with Crippen molar-refractivity contribution < 1.29 is 5.11 Å². The summed E-state index contributed by atoms with van der Waals surface area (Å²) in [6.07, 6.45) is 0. The number of aliphatic imine (C=N–C) groups is 1. The molecule has 0 saturated heterocycles. The average Bonchev–Trinajstić information content (AvgIpc) is 3.02. The van der Waals surface area contributed by atoms with Crippen molar-refractivity contribution in [2.24, 2.45) is 4.99 Å². The molecule has 0 aliphatic rings. The van der Waals surface area contributed by atoms with Crippen LogP contribution in [0.4, 0.5) is 5.69 Å². The SMILES string of the molecule is Cc1ccc2c(C(=Nc3ccc(CN(C)C)cc3)c3ccccc3)c(O)[nH]c2c1. The topological polar surface area (TPSA) is 51.6 Å². The molecule has 3 aromatic carbocycles. The molecule has 1 heterocycles. The molecule has 0 spiro atoms. The van der Waals surface area contributed by atoms with Crippen LogP contribution >= 0.6 is 0 Å². The van der Waals surface area contributed by atoms with E-state index >= 15 is 0 Å². The van der Waals surface area contributed by atoms with Gasteiger partial charge in [-0.3, -0.25) is 0 Å². The molecule has 0 amide bonds. The van der Waals surface area contributed by atoms with Crippen LogP contribution in [-0.2, 0) is 6.54 Å². The van der Waals surface area contributed by atoms with E-state index < -0.39 is 0 Å². The fourth-order valence-electron chi connectivity index (χ4n) is 3.57. The third-order valence-corrected chi connectivity index (χ3v) is 4.89. The lowest BCUT2D eigenvalue weighted by molar-refractivity contribution is 0.402. The first-order valence-corrected chi connectivity index (χ1v) is 9.71. The summed E-state index contributed by atoms with van der Waals surface area (Å²) >= 11 is 0. The number of rotatable bonds is 5. The Labute approximate surface area is 171 Å². The van der Waals surface area contributed by atoms with Gasteiger partial charge in [0.15, 0.2) is 5.88 Å². The van der Waals surface area contributed by atoms with Crippen LogP contribution in [0.2, 0.25) is 0 Å². The van der Waals surface area contributed by atoms with E-state index in [0.717, 1.165) is 45.5 Å². The van der Waals surface area contributed by atoms with Gasteiger partial charge < -0.3 is 15.0 Å². The smallest absolute Gasteiger partial charge is 0.199 e. The van der Waals surface area contributed by atoms with Crippen molar-refractivity contribution in [2.75, 3.05) is 14.1 Å². The predicted molar refractivity (Wildman–Crippen MR) is 120 cm³/mol. The van der Waals surface area contributed by atoms with E-state index in [9.17, 15) is 5.11 Å². The number of nitrogens with zero attached hydrogens (tertiary/aromatic N) is 2. The second-order valence-corrected chi connectivity index (χ2v) is 7.63. The van der Waals surface area contributed by atoms with Gasteiger partial charge in [-0.05, 0) is 50.3 Å². The molecule has 0 unspecified atom stereocenters. The second-order valence-electron chi connectivity index (χ2n) is 7.63. The van der Waals surface area contributed by atoms with Crippen LogP contribution in [0.25, 0.3) is 10.9 Å². The number of aryl methyl sites for hydroxylation is 1. The van der Waals surface area contributed by atoms with Crippen molar-refractivity contribution >= 4 is 22.3 Å². The first kappa shape index (κ1) is 19.0. The van der Waals surface area contributed by atoms with Gasteiger partial charge in [0.1, 0.15) is 0 Å². The fraction of sp³-hybridized carbons (Fsp3) is 0.160. The summed E-state index contributed by atoms with van der Waals surface area (Å²) in [5.74, 6) is 0.137. The average molecular weight is 383 g/mol. The summed E-state index contributed by atoms with van der Waals surface area (Å²) in [5, 5.41) is 11.7. The Balaban J connectivity index is 1.86. The third-order valence-electron chi connectivity index (χ3n) is 4.89. The highest BCUT2D eigenvalue weighted by molar-refractivity contribution is 6.21. The third kappa shape index (κ3) is 4.08. The number of hydrogen-bond acceptors (Lipinski definition) is 3. The summed E-state index contributed by atoms with van der Waals surface area (Å²) in [6.45, 7) is 2.93. The summed E-state index contributed by atoms with van der Waals surface area (Å²) in [7, 11) is 4.11. The number of H-pyrrole nitrogens is 1. The van der Waals surface area contributed by atoms with Crippen LogP contribution in [0.3, 0.4) is 0 Å². The minimum atomic E-state index is 0.137. The van der Waals surface area contributed by atoms with Gasteiger partial charge in [0.25, 0.3) is 0 Å². The normalized spacial score (nSPS) is 12.1. The van der Waals surface area contributed by atoms with E-state index in [1.54, 1.807) is 0 Å². The fourth-order valence-corrected chi connectivity index (χ4v) is 3.57. The van der Waals surface area contributed by atoms with Crippen molar-refractivity contribution in [3.05, 3.63) is 95.1 Å². The van der Waals surface area contributed by atoms with Gasteiger partial charge >= 0.3 is 0 Å². The van der Waals surface area contributed by atoms with E-state index in [1.165, 1.54) is 5.56 Å². The molecule has 0 radical (unpaired) electrons. The summed E-state index contributed by atoms with van der Waals surface area (Å²) in [5.41, 5.74) is 6.57. The molecule has 4 rings (SSSR count). The molecule has 0 aliphatic carbocycles. The number of fused-ring (bicyclic) bond motifs is 1. The van der Waals surface area contributed by atoms with Crippen LogP contribution in [0.15, 0.2) is 77.8 Å². The van der Waals surface area contributed by atoms with Gasteiger partial charge in [0.2, 0.25) is 0 Å². The lowest BCUT2D eigenvalue weighted by Gasteiger charge is -2.10. The lowest BCUT2D eigenvalue weighted by Crippen LogP contribution is -2.10. The van der Waals surface area contributed by atoms with Crippen LogP contribution in [0.5, 0.6) is 5.88 Å². The van der Waals surface area contributed by atoms with Crippen molar-refractivity contribution in [2.45, 2.75) is 13.5 Å². The van der Waals surface area contributed by atoms with Crippen molar-refractivity contribution in [1.29, 1.82) is 0 Å². The first-order chi connectivity index (χ1) is 14.0. The Hall–Kier alpha value is -3.37. The highest BCUT2D eigenvalue weighted by Crippen LogP contribution is 2.32. The summed E-state index contributed by atoms with van der Waals surface area (Å²) < 4.78 is 0. The van der Waals surface area contributed by atoms with E-state index in [-0.39, 0.29) is 5.88 Å². The molecular formula is C25H25N3O. The molecular weight excluding hydrogens is 358 g/mol. The molecule has 4 heteroatoms. The van der Waals surface area contributed by atoms with Gasteiger partial charge in [-0.15, -0.1) is 0 Å². The van der Waals surface area contributed by atoms with Crippen molar-refractivity contribution in [1.82, 2.24) is 9.88 Å². The molecule has 0 saturated carbocycles. The maximum atomic E-state index is 10.7. The Morgan fingerprint density at radius 2 is 1.69 bits per heavy atom. The minimum absolute atomic E-state index is 0.137. The highest BCUT2D eigenvalue weighted by atomic mass is 16.3. The van der Waals surface area contributed by atoms with Crippen molar-refractivity contribution in [3.63, 3.8) is 0 Å². The molecule has 29 heavy (non-hydrogen) atoms. The number of aromatic hydroxyl groups is 1. The molecule has 1 aromatic heterocycles. The zero-order chi connectivity index (χ0) is 20.4. The maximum absolute atomic E-state index is 10.7. The molecule has 0 aliphatic heterocycles. The van der Waals surface area contributed by atoms with Crippen LogP contribution < -0.4 is 0 Å². The second kappa shape index (κ2) is 7.94. The number of aromatic nitrogens is 1. The Morgan fingerprint density at radius 1 is 0.966 bits per heavy atom. The maximum Gasteiger partial charge on any atom is 0.199 e. The van der Waals surface area contributed by atoms with Gasteiger partial charge in [0, 0.05) is 23.0 Å². The summed E-state index contributed by atoms with van der Waals surface area (Å²) in [6, 6.07) is 24.4. The monoisotopic (exact) mass is 383 g/mol. The number of hydrogen-bond donors (Lipinski definition) is 2. The van der Waals surface area contributed by atoms with Gasteiger partial charge in [-0.25, -0.2) is 4.99 Å². The Morgan fingerprint density at radius 3 is 2.38 bits per heavy atom. The van der Waals surface area contributed by atoms with E-state index in [1.807, 2.05) is 61.5 Å². The van der Waals surface area contributed by atoms with Gasteiger partial charge in [-0.1, -0.05) is 54.6 Å². The Bertz CT molecular complexity index is 1160. The largest absolute Gasteiger partial charge is 0.494 e. The van der Waals surface area contributed by atoms with E-state index in [2.05, 4.69) is 42.2 Å². The molecule has 0 fully saturated rings. The highest BCUT2D eigenvalue weighted by Gasteiger charge is 2.18.